The van der Waals surface area contributed by atoms with E-state index >= 15 is 0 Å². The minimum atomic E-state index is -3.70. The molecule has 0 aliphatic carbocycles. The Morgan fingerprint density at radius 3 is 2.65 bits per heavy atom. The molecule has 0 unspecified atom stereocenters. The topological polar surface area (TPSA) is 95.8 Å². The van der Waals surface area contributed by atoms with Gasteiger partial charge in [0.25, 0.3) is 10.0 Å². The van der Waals surface area contributed by atoms with Gasteiger partial charge in [-0.2, -0.15) is 18.4 Å². The van der Waals surface area contributed by atoms with Gasteiger partial charge in [0.2, 0.25) is 0 Å². The van der Waals surface area contributed by atoms with Crippen LogP contribution in [0.1, 0.15) is 15.9 Å². The summed E-state index contributed by atoms with van der Waals surface area (Å²) < 4.78 is 23.7. The molecule has 0 fully saturated rings. The van der Waals surface area contributed by atoms with E-state index in [2.05, 4.69) is 5.10 Å². The number of sulfonamides is 1. The molecule has 0 atom stereocenters. The van der Waals surface area contributed by atoms with Gasteiger partial charge in [-0.25, -0.2) is 4.79 Å². The highest BCUT2D eigenvalue weighted by Crippen LogP contribution is 2.15. The van der Waals surface area contributed by atoms with Crippen molar-refractivity contribution in [3.8, 4) is 0 Å². The Kier molecular flexibility index (Phi) is 4.16. The number of carboxylic acids is 1. The fourth-order valence-electron chi connectivity index (χ4n) is 1.43. The lowest BCUT2D eigenvalue weighted by molar-refractivity contribution is 0.0696. The second-order valence-corrected chi connectivity index (χ2v) is 6.51. The third-order valence-corrected chi connectivity index (χ3v) is 4.95. The van der Waals surface area contributed by atoms with E-state index < -0.39 is 16.0 Å². The van der Waals surface area contributed by atoms with Crippen molar-refractivity contribution in [3.63, 3.8) is 0 Å². The molecule has 8 heteroatoms. The van der Waals surface area contributed by atoms with Crippen LogP contribution < -0.4 is 4.83 Å². The zero-order chi connectivity index (χ0) is 14.6. The molecule has 0 radical (unpaired) electrons. The summed E-state index contributed by atoms with van der Waals surface area (Å²) in [4.78, 5) is 13.0. The number of carboxylic acid groups (broad SMARTS) is 1. The van der Waals surface area contributed by atoms with Crippen LogP contribution in [0.15, 0.2) is 51.1 Å². The Morgan fingerprint density at radius 2 is 2.00 bits per heavy atom. The predicted molar refractivity (Wildman–Crippen MR) is 75.6 cm³/mol. The van der Waals surface area contributed by atoms with Crippen molar-refractivity contribution in [2.75, 3.05) is 0 Å². The Bertz CT molecular complexity index is 737. The molecule has 2 rings (SSSR count). The number of thiophene rings is 1. The van der Waals surface area contributed by atoms with E-state index in [1.54, 1.807) is 23.6 Å². The Hall–Kier alpha value is -2.19. The van der Waals surface area contributed by atoms with Gasteiger partial charge >= 0.3 is 5.97 Å². The third-order valence-electron chi connectivity index (χ3n) is 2.33. The molecular formula is C12H10N2O4S2. The maximum atomic E-state index is 11.8. The molecule has 1 heterocycles. The highest BCUT2D eigenvalue weighted by atomic mass is 32.2. The van der Waals surface area contributed by atoms with E-state index in [0.717, 1.165) is 17.6 Å². The number of carbonyl (C=O) groups is 1. The molecule has 0 aliphatic rings. The summed E-state index contributed by atoms with van der Waals surface area (Å²) in [7, 11) is -3.70. The second kappa shape index (κ2) is 5.85. The maximum Gasteiger partial charge on any atom is 0.336 e. The number of hydrogen-bond donors (Lipinski definition) is 2. The quantitative estimate of drug-likeness (QED) is 0.649. The van der Waals surface area contributed by atoms with E-state index in [1.807, 2.05) is 4.83 Å². The third kappa shape index (κ3) is 3.22. The highest BCUT2D eigenvalue weighted by molar-refractivity contribution is 7.91. The molecule has 0 saturated heterocycles. The SMILES string of the molecule is O=C(O)c1ccccc1/C=N/NS(=O)(=O)c1cccs1. The number of nitrogens with zero attached hydrogens (tertiary/aromatic N) is 1. The zero-order valence-electron chi connectivity index (χ0n) is 10.1. The number of hydrogen-bond acceptors (Lipinski definition) is 5. The van der Waals surface area contributed by atoms with Crippen LogP contribution >= 0.6 is 11.3 Å². The van der Waals surface area contributed by atoms with Crippen molar-refractivity contribution >= 4 is 33.5 Å². The monoisotopic (exact) mass is 310 g/mol. The van der Waals surface area contributed by atoms with E-state index in [9.17, 15) is 13.2 Å². The van der Waals surface area contributed by atoms with E-state index in [-0.39, 0.29) is 9.77 Å². The lowest BCUT2D eigenvalue weighted by atomic mass is 10.1. The second-order valence-electron chi connectivity index (χ2n) is 3.68. The summed E-state index contributed by atoms with van der Waals surface area (Å²) >= 11 is 1.07. The molecule has 0 amide bonds. The number of rotatable bonds is 5. The average Bonchev–Trinajstić information content (AvgIpc) is 2.93. The summed E-state index contributed by atoms with van der Waals surface area (Å²) in [6.45, 7) is 0. The van der Waals surface area contributed by atoms with Crippen LogP contribution in [-0.2, 0) is 10.0 Å². The summed E-state index contributed by atoms with van der Waals surface area (Å²) in [6, 6.07) is 9.23. The van der Waals surface area contributed by atoms with Crippen LogP contribution in [0.3, 0.4) is 0 Å². The first kappa shape index (κ1) is 14.2. The number of benzene rings is 1. The van der Waals surface area contributed by atoms with Crippen LogP contribution in [0.5, 0.6) is 0 Å². The molecule has 1 aromatic heterocycles. The summed E-state index contributed by atoms with van der Waals surface area (Å²) in [5.74, 6) is -1.10. The minimum Gasteiger partial charge on any atom is -0.478 e. The largest absolute Gasteiger partial charge is 0.478 e. The fraction of sp³-hybridized carbons (Fsp3) is 0. The molecular weight excluding hydrogens is 300 g/mol. The zero-order valence-corrected chi connectivity index (χ0v) is 11.7. The van der Waals surface area contributed by atoms with Gasteiger partial charge in [-0.15, -0.1) is 11.3 Å². The summed E-state index contributed by atoms with van der Waals surface area (Å²) in [5.41, 5.74) is 0.362. The number of aromatic carboxylic acids is 1. The van der Waals surface area contributed by atoms with Crippen molar-refractivity contribution in [2.24, 2.45) is 5.10 Å². The van der Waals surface area contributed by atoms with E-state index in [0.29, 0.717) is 5.56 Å². The van der Waals surface area contributed by atoms with Crippen molar-refractivity contribution in [2.45, 2.75) is 4.21 Å². The van der Waals surface area contributed by atoms with Gasteiger partial charge in [-0.1, -0.05) is 24.3 Å². The van der Waals surface area contributed by atoms with Gasteiger partial charge in [0.1, 0.15) is 4.21 Å². The van der Waals surface area contributed by atoms with Gasteiger partial charge in [0.05, 0.1) is 11.8 Å². The highest BCUT2D eigenvalue weighted by Gasteiger charge is 2.13. The van der Waals surface area contributed by atoms with Gasteiger partial charge in [0, 0.05) is 5.56 Å². The Morgan fingerprint density at radius 1 is 1.25 bits per heavy atom. The summed E-state index contributed by atoms with van der Waals surface area (Å²) in [6.07, 6.45) is 1.16. The van der Waals surface area contributed by atoms with Crippen LogP contribution in [0.25, 0.3) is 0 Å². The van der Waals surface area contributed by atoms with Gasteiger partial charge < -0.3 is 5.11 Å². The van der Waals surface area contributed by atoms with Gasteiger partial charge in [-0.3, -0.25) is 0 Å². The lowest BCUT2D eigenvalue weighted by Crippen LogP contribution is -2.17. The first-order valence-electron chi connectivity index (χ1n) is 5.41. The predicted octanol–water partition coefficient (Wildman–Crippen LogP) is 1.76. The lowest BCUT2D eigenvalue weighted by Gasteiger charge is -2.01. The molecule has 2 aromatic rings. The molecule has 0 saturated carbocycles. The molecule has 104 valence electrons. The van der Waals surface area contributed by atoms with E-state index in [4.69, 9.17) is 5.11 Å². The maximum absolute atomic E-state index is 11.8. The molecule has 1 aromatic carbocycles. The number of hydrazone groups is 1. The molecule has 2 N–H and O–H groups in total. The van der Waals surface area contributed by atoms with Gasteiger partial charge in [-0.05, 0) is 17.5 Å². The first-order chi connectivity index (χ1) is 9.50. The van der Waals surface area contributed by atoms with Crippen LogP contribution in [-0.4, -0.2) is 25.7 Å². The van der Waals surface area contributed by atoms with Crippen molar-refractivity contribution in [3.05, 3.63) is 52.9 Å². The van der Waals surface area contributed by atoms with Crippen molar-refractivity contribution in [1.82, 2.24) is 4.83 Å². The Labute approximate surface area is 119 Å². The van der Waals surface area contributed by atoms with Crippen molar-refractivity contribution in [1.29, 1.82) is 0 Å². The van der Waals surface area contributed by atoms with E-state index in [1.165, 1.54) is 18.2 Å². The van der Waals surface area contributed by atoms with Crippen LogP contribution in [0.2, 0.25) is 0 Å². The molecule has 6 nitrogen and oxygen atoms in total. The minimum absolute atomic E-state index is 0.0478. The van der Waals surface area contributed by atoms with Crippen LogP contribution in [0.4, 0.5) is 0 Å². The Balaban J connectivity index is 2.18. The normalized spacial score (nSPS) is 11.6. The molecule has 0 spiro atoms. The smallest absolute Gasteiger partial charge is 0.336 e. The molecule has 0 aliphatic heterocycles. The standard InChI is InChI=1S/C12H10N2O4S2/c15-12(16)10-5-2-1-4-9(10)8-13-14-20(17,18)11-6-3-7-19-11/h1-8,14H,(H,15,16)/b13-8+. The first-order valence-corrected chi connectivity index (χ1v) is 7.78. The van der Waals surface area contributed by atoms with Crippen molar-refractivity contribution < 1.29 is 18.3 Å². The fourth-order valence-corrected chi connectivity index (χ4v) is 3.20. The average molecular weight is 310 g/mol. The molecule has 0 bridgehead atoms. The van der Waals surface area contributed by atoms with Gasteiger partial charge in [0.15, 0.2) is 0 Å². The number of nitrogens with one attached hydrogen (secondary N) is 1. The van der Waals surface area contributed by atoms with Crippen LogP contribution in [0, 0.1) is 0 Å². The molecule has 20 heavy (non-hydrogen) atoms. The summed E-state index contributed by atoms with van der Waals surface area (Å²) in [5, 5.41) is 14.2.